The van der Waals surface area contributed by atoms with Gasteiger partial charge in [-0.25, -0.2) is 34.3 Å². The van der Waals surface area contributed by atoms with Crippen molar-refractivity contribution in [1.82, 2.24) is 99.9 Å². The van der Waals surface area contributed by atoms with Crippen LogP contribution in [0.5, 0.6) is 5.75 Å². The number of methoxy groups -OCH3 is 1. The van der Waals surface area contributed by atoms with E-state index in [2.05, 4.69) is 138 Å². The van der Waals surface area contributed by atoms with Crippen LogP contribution in [0.25, 0.3) is 117 Å². The van der Waals surface area contributed by atoms with E-state index in [-0.39, 0.29) is 47.8 Å². The summed E-state index contributed by atoms with van der Waals surface area (Å²) in [6.45, 7) is 12.7. The molecule has 0 saturated carbocycles. The quantitative estimate of drug-likeness (QED) is 0.0248. The van der Waals surface area contributed by atoms with Gasteiger partial charge < -0.3 is 40.1 Å². The number of benzene rings is 7. The number of thioether (sulfide) groups is 3. The molecule has 14 heterocycles. The van der Waals surface area contributed by atoms with Crippen molar-refractivity contribution in [1.29, 1.82) is 0 Å². The number of H-pyrrole nitrogens is 3. The zero-order valence-electron chi connectivity index (χ0n) is 82.0. The highest BCUT2D eigenvalue weighted by molar-refractivity contribution is 8.01. The van der Waals surface area contributed by atoms with Gasteiger partial charge in [0.05, 0.1) is 48.5 Å². The van der Waals surface area contributed by atoms with Crippen LogP contribution in [0.2, 0.25) is 0 Å². The third-order valence-corrected chi connectivity index (χ3v) is 31.8. The first-order chi connectivity index (χ1) is 71.2. The van der Waals surface area contributed by atoms with Crippen LogP contribution in [0.15, 0.2) is 256 Å². The average Bonchev–Trinajstić information content (AvgIpc) is 1.63. The highest BCUT2D eigenvalue weighted by atomic mass is 32.2. The van der Waals surface area contributed by atoms with Crippen molar-refractivity contribution in [3.8, 4) is 73.7 Å². The van der Waals surface area contributed by atoms with Crippen LogP contribution in [0.3, 0.4) is 0 Å². The molecular weight excluding hydrogens is 1900 g/mol. The maximum absolute atomic E-state index is 15.1. The number of carbonyl (C=O) groups excluding carboxylic acids is 6. The molecule has 146 heavy (non-hydrogen) atoms. The van der Waals surface area contributed by atoms with E-state index in [0.29, 0.717) is 170 Å². The zero-order chi connectivity index (χ0) is 101. The molecule has 8 aromatic heterocycles. The molecule has 7 aromatic carbocycles. The summed E-state index contributed by atoms with van der Waals surface area (Å²) in [5, 5.41) is 35.1. The molecule has 15 aromatic rings. The van der Waals surface area contributed by atoms with Gasteiger partial charge in [0.25, 0.3) is 0 Å². The molecule has 3 fully saturated rings. The van der Waals surface area contributed by atoms with Gasteiger partial charge in [0.2, 0.25) is 35.4 Å². The Morgan fingerprint density at radius 1 is 0.377 bits per heavy atom. The van der Waals surface area contributed by atoms with E-state index in [1.54, 1.807) is 103 Å². The average molecular weight is 2010 g/mol. The first kappa shape index (κ1) is 99.9. The SMILES string of the molecule is COCCOc1ccc(-c2n[nH]c3ccc(NC(=O)[C@]4(SC)CCN(CC(=O)N5CC=C(c6ccc(-c7ncccn7)cc6)CC5)C4)cc23)cc1.CS[C@@]1(C(=O)Nc2ccc3[nH]nc(-c4ccnc(C)c4)c3c2)CCN(CC(=O)N2CC=C(c3ccc(-c4ncccn4)cc3)CC2)C1.CS[C@@]1(C(=O)Nc2ccc3[nH]nc(-c4ccnc(C)c4)c3c2)CCN(CC(=O)N2CC=C(c3ccc(-c4ncccn4)cc3F)CC2)C1. The number of anilines is 3. The Kier molecular flexibility index (Phi) is 30.9. The number of fused-ring (bicyclic) bond motifs is 3. The van der Waals surface area contributed by atoms with Crippen molar-refractivity contribution < 1.29 is 42.6 Å². The monoisotopic (exact) mass is 2010 g/mol. The number of aryl methyl sites for hydroxylation is 2. The number of rotatable bonds is 28. The predicted molar refractivity (Wildman–Crippen MR) is 575 cm³/mol. The van der Waals surface area contributed by atoms with Gasteiger partial charge in [0.15, 0.2) is 17.5 Å². The number of nitrogens with one attached hydrogen (secondary N) is 6. The molecule has 35 heteroatoms. The second-order valence-corrected chi connectivity index (χ2v) is 40.7. The van der Waals surface area contributed by atoms with E-state index in [4.69, 9.17) is 9.47 Å². The van der Waals surface area contributed by atoms with Crippen molar-refractivity contribution in [2.45, 2.75) is 66.6 Å². The molecule has 744 valence electrons. The van der Waals surface area contributed by atoms with Crippen LogP contribution < -0.4 is 20.7 Å². The van der Waals surface area contributed by atoms with Crippen molar-refractivity contribution >= 4 is 137 Å². The van der Waals surface area contributed by atoms with E-state index in [0.717, 1.165) is 130 Å². The summed E-state index contributed by atoms with van der Waals surface area (Å²) in [5.41, 5.74) is 20.6. The number of likely N-dealkylation sites (tertiary alicyclic amines) is 3. The van der Waals surface area contributed by atoms with E-state index in [9.17, 15) is 28.8 Å². The number of pyridine rings is 2. The Bertz CT molecular complexity index is 7390. The maximum Gasteiger partial charge on any atom is 0.241 e. The van der Waals surface area contributed by atoms with Crippen LogP contribution >= 0.6 is 35.3 Å². The first-order valence-corrected chi connectivity index (χ1v) is 52.4. The van der Waals surface area contributed by atoms with Gasteiger partial charge in [-0.05, 0) is 226 Å². The number of nitrogens with zero attached hydrogens (tertiary/aromatic N) is 17. The number of amides is 6. The van der Waals surface area contributed by atoms with Crippen LogP contribution in [-0.4, -0.2) is 287 Å². The number of aromatic amines is 3. The van der Waals surface area contributed by atoms with Gasteiger partial charge in [-0.3, -0.25) is 68.7 Å². The van der Waals surface area contributed by atoms with Crippen LogP contribution in [-0.2, 0) is 33.5 Å². The zero-order valence-corrected chi connectivity index (χ0v) is 84.4. The molecule has 6 aliphatic heterocycles. The third-order valence-electron chi connectivity index (χ3n) is 27.9. The minimum absolute atomic E-state index is 0.00365. The Labute approximate surface area is 857 Å². The molecule has 3 atom stereocenters. The molecule has 3 saturated heterocycles. The molecule has 0 radical (unpaired) electrons. The summed E-state index contributed by atoms with van der Waals surface area (Å²) >= 11 is 4.63. The van der Waals surface area contributed by atoms with E-state index >= 15 is 4.39 Å². The number of hydrogen-bond donors (Lipinski definition) is 6. The highest BCUT2D eigenvalue weighted by Gasteiger charge is 2.48. The largest absolute Gasteiger partial charge is 0.491 e. The molecule has 31 nitrogen and oxygen atoms in total. The van der Waals surface area contributed by atoms with Crippen LogP contribution in [0.1, 0.15) is 66.6 Å². The normalized spacial score (nSPS) is 18.1. The van der Waals surface area contributed by atoms with Crippen LogP contribution in [0, 0.1) is 19.7 Å². The molecule has 6 aliphatic rings. The topological polar surface area (TPSA) is 366 Å². The Hall–Kier alpha value is -14.9. The fourth-order valence-corrected chi connectivity index (χ4v) is 22.1. The van der Waals surface area contributed by atoms with Crippen LogP contribution in [0.4, 0.5) is 21.5 Å². The van der Waals surface area contributed by atoms with Crippen molar-refractivity contribution in [3.05, 3.63) is 290 Å². The van der Waals surface area contributed by atoms with Crippen molar-refractivity contribution in [3.63, 3.8) is 0 Å². The second-order valence-electron chi connectivity index (χ2n) is 37.1. The van der Waals surface area contributed by atoms with Gasteiger partial charge >= 0.3 is 0 Å². The summed E-state index contributed by atoms with van der Waals surface area (Å²) in [5.74, 6) is 2.34. The lowest BCUT2D eigenvalue weighted by Crippen LogP contribution is -2.45. The number of ether oxygens (including phenoxy) is 2. The highest BCUT2D eigenvalue weighted by Crippen LogP contribution is 2.42. The van der Waals surface area contributed by atoms with Gasteiger partial charge in [0, 0.05) is 219 Å². The molecule has 0 bridgehead atoms. The van der Waals surface area contributed by atoms with Gasteiger partial charge in [-0.15, -0.1) is 35.3 Å². The second kappa shape index (κ2) is 45.2. The summed E-state index contributed by atoms with van der Waals surface area (Å²) in [6, 6.07) is 59.9. The Balaban J connectivity index is 0.000000138. The van der Waals surface area contributed by atoms with E-state index in [1.807, 2.05) is 188 Å². The molecule has 0 unspecified atom stereocenters. The molecule has 6 amide bonds. The maximum atomic E-state index is 15.1. The van der Waals surface area contributed by atoms with Crippen molar-refractivity contribution in [2.24, 2.45) is 0 Å². The van der Waals surface area contributed by atoms with E-state index < -0.39 is 14.2 Å². The Morgan fingerprint density at radius 2 is 0.726 bits per heavy atom. The van der Waals surface area contributed by atoms with E-state index in [1.165, 1.54) is 29.0 Å². The van der Waals surface area contributed by atoms with Gasteiger partial charge in [-0.2, -0.15) is 15.3 Å². The third kappa shape index (κ3) is 22.8. The smallest absolute Gasteiger partial charge is 0.241 e. The fraction of sp³-hybridized carbons (Fsp3) is 0.288. The predicted octanol–water partition coefficient (Wildman–Crippen LogP) is 16.8. The minimum atomic E-state index is -0.680. The van der Waals surface area contributed by atoms with Gasteiger partial charge in [-0.1, -0.05) is 78.9 Å². The lowest BCUT2D eigenvalue weighted by Gasteiger charge is -2.30. The summed E-state index contributed by atoms with van der Waals surface area (Å²) in [7, 11) is 1.65. The lowest BCUT2D eigenvalue weighted by molar-refractivity contribution is -0.132. The number of carbonyl (C=O) groups is 6. The molecule has 0 aliphatic carbocycles. The summed E-state index contributed by atoms with van der Waals surface area (Å²) in [6.07, 6.45) is 30.0. The molecular formula is C111H112FN23O8S3. The number of hydrogen-bond acceptors (Lipinski definition) is 25. The lowest BCUT2D eigenvalue weighted by atomic mass is 9.97. The summed E-state index contributed by atoms with van der Waals surface area (Å²) < 4.78 is 23.9. The molecule has 0 spiro atoms. The number of halogens is 1. The Morgan fingerprint density at radius 3 is 1.08 bits per heavy atom. The number of aromatic nitrogens is 14. The van der Waals surface area contributed by atoms with Gasteiger partial charge in [0.1, 0.15) is 43.8 Å². The fourth-order valence-electron chi connectivity index (χ4n) is 19.6. The summed E-state index contributed by atoms with van der Waals surface area (Å²) in [4.78, 5) is 128. The standard InChI is InChI=1S/C39H41N7O4S.C36H35FN8O2S.C36H36N8O2S/c1-49-22-23-50-32-11-8-29(9-12-32)36-33-24-31(10-13-34(33)43-44-36)42-38(48)39(51-2)16-21-45(26-39)25-35(47)46-19-14-28(15-20-46)27-4-6-30(7-5-27)37-40-17-3-18-41-37;1-23-18-25(8-14-38-23)33-29-20-27(5-7-31(29)42-43-33)41-35(47)36(48-2)11-17-44(22-36)21-32(46)45-15-9-24(10-16-45)28-6-4-26(19-30(28)37)34-39-12-3-13-40-34;1-24-20-28(10-16-37-24)33-30-21-29(8-9-31(30)41-42-33)40-35(46)36(47-2)13-19-43(23-36)22-32(45)44-17-11-26(12-18-44)25-4-6-27(7-5-25)34-38-14-3-15-39-34/h3-14,17-18,24H,15-16,19-23,25-26H2,1-2H3,(H,42,48)(H,43,44);3-9,12-14,18-20H,10-11,15-17,21-22H2,1-2H3,(H,41,47)(H,42,43);3-11,14-16,20-21H,12-13,17-19,22-23H2,1-2H3,(H,40,46)(H,41,42)/t39-;2*36-/m000/s1. The minimum Gasteiger partial charge on any atom is -0.491 e. The molecule has 21 rings (SSSR count). The first-order valence-electron chi connectivity index (χ1n) is 48.7. The molecule has 6 N–H and O–H groups in total. The van der Waals surface area contributed by atoms with Crippen molar-refractivity contribution in [2.75, 3.05) is 153 Å².